The smallest absolute Gasteiger partial charge is 0.0656 e. The number of aromatic nitrogens is 2. The summed E-state index contributed by atoms with van der Waals surface area (Å²) >= 11 is -1.98. The first kappa shape index (κ1) is 35.4. The third kappa shape index (κ3) is 8.91. The van der Waals surface area contributed by atoms with Crippen molar-refractivity contribution in [2.24, 2.45) is 0 Å². The van der Waals surface area contributed by atoms with Crippen LogP contribution >= 0.6 is 0 Å². The molecule has 269 valence electrons. The van der Waals surface area contributed by atoms with Crippen molar-refractivity contribution in [2.75, 3.05) is 0 Å². The van der Waals surface area contributed by atoms with Crippen LogP contribution in [0.2, 0.25) is 36.9 Å². The Balaban J connectivity index is 0.000000271. The Labute approximate surface area is 330 Å². The van der Waals surface area contributed by atoms with Gasteiger partial charge in [-0.1, -0.05) is 82.0 Å². The molecule has 0 unspecified atom stereocenters. The Bertz CT molecular complexity index is 2430. The second-order valence-corrected chi connectivity index (χ2v) is 32.0. The third-order valence-corrected chi connectivity index (χ3v) is 15.5. The van der Waals surface area contributed by atoms with Crippen LogP contribution in [0.15, 0.2) is 108 Å². The van der Waals surface area contributed by atoms with E-state index in [0.717, 1.165) is 44.3 Å². The molecule has 0 amide bonds. The molecule has 0 saturated heterocycles. The number of furan rings is 1. The van der Waals surface area contributed by atoms with Gasteiger partial charge in [-0.2, -0.15) is 0 Å². The number of pyridine rings is 2. The molecule has 52 heavy (non-hydrogen) atoms. The van der Waals surface area contributed by atoms with Crippen molar-refractivity contribution in [3.05, 3.63) is 132 Å². The summed E-state index contributed by atoms with van der Waals surface area (Å²) in [5.41, 5.74) is 7.70. The second kappa shape index (κ2) is 15.4. The van der Waals surface area contributed by atoms with E-state index in [-0.39, 0.29) is 31.3 Å². The van der Waals surface area contributed by atoms with Crippen LogP contribution in [0.25, 0.3) is 55.6 Å². The van der Waals surface area contributed by atoms with Gasteiger partial charge in [-0.25, -0.2) is 0 Å². The van der Waals surface area contributed by atoms with Crippen LogP contribution in [0.4, 0.5) is 4.39 Å². The molecule has 7 aromatic rings. The molecule has 0 bridgehead atoms. The molecule has 7 rings (SSSR count). The van der Waals surface area contributed by atoms with Crippen LogP contribution in [-0.4, -0.2) is 31.3 Å². The van der Waals surface area contributed by atoms with Crippen LogP contribution in [0.1, 0.15) is 36.0 Å². The van der Waals surface area contributed by atoms with Gasteiger partial charge in [0.2, 0.25) is 0 Å². The number of hydrogen-bond acceptors (Lipinski definition) is 3. The minimum Gasteiger partial charge on any atom is -0.0656 e. The van der Waals surface area contributed by atoms with Crippen molar-refractivity contribution < 1.29 is 33.0 Å². The van der Waals surface area contributed by atoms with Crippen LogP contribution < -0.4 is 9.58 Å². The molecular formula is C45H47FGeIrN2OSi-2. The van der Waals surface area contributed by atoms with Gasteiger partial charge in [-0.15, -0.1) is 29.8 Å². The predicted molar refractivity (Wildman–Crippen MR) is 219 cm³/mol. The summed E-state index contributed by atoms with van der Waals surface area (Å²) in [7, 11) is -1.45. The first-order valence-corrected chi connectivity index (χ1v) is 28.2. The van der Waals surface area contributed by atoms with E-state index in [1.165, 1.54) is 27.3 Å². The topological polar surface area (TPSA) is 38.9 Å². The average molecular weight is 947 g/mol. The first-order chi connectivity index (χ1) is 25.2. The summed E-state index contributed by atoms with van der Waals surface area (Å²) in [5, 5.41) is 3.38. The molecule has 7 heteroatoms. The van der Waals surface area contributed by atoms with Crippen molar-refractivity contribution >= 4 is 52.9 Å². The van der Waals surface area contributed by atoms with Gasteiger partial charge >= 0.3 is 154 Å². The molecule has 0 fully saturated rings. The Kier molecular flexibility index (Phi) is 10.4. The fourth-order valence-corrected chi connectivity index (χ4v) is 9.45. The molecule has 0 aliphatic heterocycles. The van der Waals surface area contributed by atoms with Gasteiger partial charge in [-0.3, -0.25) is 4.39 Å². The molecule has 0 spiro atoms. The molecule has 3 aromatic heterocycles. The van der Waals surface area contributed by atoms with E-state index >= 15 is 0 Å². The van der Waals surface area contributed by atoms with Crippen LogP contribution in [0, 0.1) is 24.8 Å². The fraction of sp³-hybridized carbons (Fsp3) is 0.244. The molecule has 0 aliphatic rings. The van der Waals surface area contributed by atoms with Gasteiger partial charge < -0.3 is 4.98 Å². The number of fused-ring (bicyclic) bond motifs is 3. The van der Waals surface area contributed by atoms with Crippen LogP contribution in [-0.2, 0) is 25.5 Å². The Hall–Kier alpha value is -3.68. The van der Waals surface area contributed by atoms with Crippen LogP contribution in [0.3, 0.4) is 0 Å². The van der Waals surface area contributed by atoms with E-state index in [1.807, 2.05) is 36.5 Å². The Morgan fingerprint density at radius 1 is 0.750 bits per heavy atom. The van der Waals surface area contributed by atoms with Crippen molar-refractivity contribution in [3.63, 3.8) is 0 Å². The van der Waals surface area contributed by atoms with Gasteiger partial charge in [-0.05, 0) is 16.7 Å². The molecular weight excluding hydrogens is 896 g/mol. The maximum absolute atomic E-state index is 12.8. The minimum atomic E-state index is -2.27. The SMILES string of the molecule is CC(C)(C)c1ccc(-c2[c-]cc(F)cc2)nc1.[2H]C([2H])([2H])c1cc(-c2[c-]cc3oc4c[c]([Ge]([CH3])([CH3])[CH3])ccc4c3c2)ncc1-c1ccc([Si](C)(C)C)cc1.[Ir]. The first-order valence-electron chi connectivity index (χ1n) is 18.8. The van der Waals surface area contributed by atoms with Crippen molar-refractivity contribution in [2.45, 2.75) is 69.9 Å². The number of nitrogens with zero attached hydrogens (tertiary/aromatic N) is 2. The van der Waals surface area contributed by atoms with E-state index in [1.54, 1.807) is 18.3 Å². The van der Waals surface area contributed by atoms with Crippen molar-refractivity contribution in [1.82, 2.24) is 9.97 Å². The molecule has 1 radical (unpaired) electrons. The van der Waals surface area contributed by atoms with E-state index in [2.05, 4.69) is 111 Å². The molecule has 3 heterocycles. The molecule has 4 aromatic carbocycles. The number of aryl methyl sites for hydroxylation is 1. The van der Waals surface area contributed by atoms with Crippen molar-refractivity contribution in [1.29, 1.82) is 0 Å². The summed E-state index contributed by atoms with van der Waals surface area (Å²) in [6.45, 7) is 11.1. The summed E-state index contributed by atoms with van der Waals surface area (Å²) < 4.78 is 45.0. The molecule has 3 nitrogen and oxygen atoms in total. The van der Waals surface area contributed by atoms with Gasteiger partial charge in [0.25, 0.3) is 0 Å². The molecule has 0 saturated carbocycles. The zero-order valence-corrected chi connectivity index (χ0v) is 36.8. The Morgan fingerprint density at radius 3 is 2.06 bits per heavy atom. The average Bonchev–Trinajstić information content (AvgIpc) is 3.48. The summed E-state index contributed by atoms with van der Waals surface area (Å²) in [4.78, 5) is 9.08. The summed E-state index contributed by atoms with van der Waals surface area (Å²) in [6.07, 6.45) is 3.56. The standard InChI is InChI=1S/C30H32GeNOSi.C15H15FN.Ir/c1-20-16-28(32-19-27(20)21-8-12-24(13-9-21)34(5,6)7)22-10-15-29-26(17-22)25-14-11-23(31(2,3)4)18-30(25)33-29;1-15(2,3)12-6-9-14(17-10-12)11-4-7-13(16)8-5-11;/h8-9,11-19H,1-7H3;4,6-10H,1-3H3;/q2*-1;/i1D3;;. The second-order valence-electron chi connectivity index (χ2n) is 16.2. The van der Waals surface area contributed by atoms with Crippen molar-refractivity contribution in [3.8, 4) is 33.6 Å². The van der Waals surface area contributed by atoms with Gasteiger partial charge in [0.1, 0.15) is 0 Å². The van der Waals surface area contributed by atoms with E-state index in [4.69, 9.17) is 13.5 Å². The number of hydrogen-bond donors (Lipinski definition) is 0. The zero-order valence-electron chi connectivity index (χ0n) is 34.3. The zero-order chi connectivity index (χ0) is 39.2. The summed E-state index contributed by atoms with van der Waals surface area (Å²) in [6, 6.07) is 35.0. The molecule has 0 atom stereocenters. The van der Waals surface area contributed by atoms with Crippen LogP contribution in [0.5, 0.6) is 0 Å². The number of rotatable bonds is 5. The molecule has 0 N–H and O–H groups in total. The monoisotopic (exact) mass is 948 g/mol. The van der Waals surface area contributed by atoms with Gasteiger partial charge in [0.05, 0.1) is 8.07 Å². The van der Waals surface area contributed by atoms with Gasteiger partial charge in [0, 0.05) is 32.1 Å². The minimum absolute atomic E-state index is 0. The Morgan fingerprint density at radius 2 is 1.46 bits per heavy atom. The number of benzene rings is 4. The van der Waals surface area contributed by atoms with Gasteiger partial charge in [0.15, 0.2) is 0 Å². The fourth-order valence-electron chi connectivity index (χ4n) is 5.88. The third-order valence-electron chi connectivity index (χ3n) is 9.19. The molecule has 0 aliphatic carbocycles. The summed E-state index contributed by atoms with van der Waals surface area (Å²) in [5.74, 6) is 6.83. The predicted octanol–water partition coefficient (Wildman–Crippen LogP) is 11.5. The van der Waals surface area contributed by atoms with E-state index < -0.39 is 28.2 Å². The maximum atomic E-state index is 12.8. The van der Waals surface area contributed by atoms with E-state index in [0.29, 0.717) is 16.8 Å². The number of halogens is 1. The normalized spacial score (nSPS) is 13.1. The van der Waals surface area contributed by atoms with E-state index in [9.17, 15) is 4.39 Å². The quantitative estimate of drug-likeness (QED) is 0.127.